The first-order valence-electron chi connectivity index (χ1n) is 5.25. The highest BCUT2D eigenvalue weighted by molar-refractivity contribution is 8.14. The Hall–Kier alpha value is -0.800. The molecule has 1 aliphatic rings. The minimum absolute atomic E-state index is 0.0204. The minimum Gasteiger partial charge on any atom is -0.394 e. The second kappa shape index (κ2) is 5.68. The number of amidine groups is 1. The van der Waals surface area contributed by atoms with E-state index in [1.54, 1.807) is 12.1 Å². The molecule has 1 aromatic carbocycles. The third-order valence-corrected chi connectivity index (χ3v) is 4.97. The molecule has 2 rings (SSSR count). The number of hydrogen-bond acceptors (Lipinski definition) is 6. The van der Waals surface area contributed by atoms with Gasteiger partial charge in [-0.2, -0.15) is 8.42 Å². The Labute approximate surface area is 119 Å². The lowest BCUT2D eigenvalue weighted by Gasteiger charge is -2.18. The highest BCUT2D eigenvalue weighted by Gasteiger charge is 2.25. The molecule has 0 aromatic heterocycles. The Bertz CT molecular complexity index is 618. The molecule has 1 aliphatic heterocycles. The number of fused-ring (bicyclic) bond motifs is 1. The molecule has 0 saturated heterocycles. The van der Waals surface area contributed by atoms with E-state index in [9.17, 15) is 13.5 Å². The van der Waals surface area contributed by atoms with Gasteiger partial charge in [0.05, 0.1) is 18.4 Å². The van der Waals surface area contributed by atoms with Gasteiger partial charge in [-0.25, -0.2) is 0 Å². The average molecular weight is 323 g/mol. The zero-order valence-corrected chi connectivity index (χ0v) is 12.0. The van der Waals surface area contributed by atoms with Crippen molar-refractivity contribution in [2.75, 3.05) is 17.7 Å². The van der Waals surface area contributed by atoms with Gasteiger partial charge in [-0.3, -0.25) is 0 Å². The second-order valence-corrected chi connectivity index (χ2v) is 6.80. The topological polar surface area (TPSA) is 99.0 Å². The van der Waals surface area contributed by atoms with Gasteiger partial charge in [0.2, 0.25) is 0 Å². The van der Waals surface area contributed by atoms with Gasteiger partial charge in [0.1, 0.15) is 4.90 Å². The normalized spacial score (nSPS) is 18.2. The number of rotatable bonds is 3. The summed E-state index contributed by atoms with van der Waals surface area (Å²) in [6.45, 7) is -0.390. The molecule has 6 nitrogen and oxygen atoms in total. The van der Waals surface area contributed by atoms with E-state index in [1.165, 1.54) is 6.07 Å². The fourth-order valence-corrected chi connectivity index (χ4v) is 3.81. The van der Waals surface area contributed by atoms with Crippen molar-refractivity contribution in [3.05, 3.63) is 23.2 Å². The van der Waals surface area contributed by atoms with Crippen LogP contribution >= 0.6 is 23.4 Å². The first-order chi connectivity index (χ1) is 8.92. The Balaban J connectivity index is 2.25. The number of sulfonamides is 1. The third-order valence-electron chi connectivity index (χ3n) is 2.29. The molecular formula is C10H11ClN2O4S2. The number of hydrogen-bond donors (Lipinski definition) is 3. The molecule has 3 N–H and O–H groups in total. The molecule has 0 spiro atoms. The highest BCUT2D eigenvalue weighted by atomic mass is 35.5. The van der Waals surface area contributed by atoms with E-state index in [-0.39, 0.29) is 22.4 Å². The molecule has 1 atom stereocenters. The molecular weight excluding hydrogens is 312 g/mol. The van der Waals surface area contributed by atoms with Gasteiger partial charge >= 0.3 is 0 Å². The molecule has 1 aromatic rings. The summed E-state index contributed by atoms with van der Waals surface area (Å²) in [4.78, 5) is 0.0204. The largest absolute Gasteiger partial charge is 0.394 e. The molecule has 0 fully saturated rings. The molecule has 0 amide bonds. The van der Waals surface area contributed by atoms with Crippen LogP contribution in [0.3, 0.4) is 0 Å². The zero-order valence-electron chi connectivity index (χ0n) is 9.58. The van der Waals surface area contributed by atoms with Gasteiger partial charge < -0.3 is 15.5 Å². The van der Waals surface area contributed by atoms with Crippen molar-refractivity contribution in [1.82, 2.24) is 0 Å². The van der Waals surface area contributed by atoms with Crippen LogP contribution in [0.25, 0.3) is 0 Å². The first kappa shape index (κ1) is 14.6. The maximum atomic E-state index is 11.9. The molecule has 1 heterocycles. The van der Waals surface area contributed by atoms with Crippen LogP contribution < -0.4 is 5.32 Å². The lowest BCUT2D eigenvalue weighted by molar-refractivity contribution is 0.114. The van der Waals surface area contributed by atoms with Gasteiger partial charge in [0.25, 0.3) is 10.0 Å². The van der Waals surface area contributed by atoms with E-state index in [0.29, 0.717) is 10.7 Å². The Morgan fingerprint density at radius 3 is 2.89 bits per heavy atom. The zero-order chi connectivity index (χ0) is 14.0. The maximum absolute atomic E-state index is 11.9. The predicted molar refractivity (Wildman–Crippen MR) is 75.2 cm³/mol. The van der Waals surface area contributed by atoms with Crippen LogP contribution in [0.2, 0.25) is 5.02 Å². The summed E-state index contributed by atoms with van der Waals surface area (Å²) in [7, 11) is -3.79. The lowest BCUT2D eigenvalue weighted by Crippen LogP contribution is -2.22. The fraction of sp³-hybridized carbons (Fsp3) is 0.300. The Kier molecular flexibility index (Phi) is 4.36. The van der Waals surface area contributed by atoms with Gasteiger partial charge in [0, 0.05) is 10.8 Å². The Morgan fingerprint density at radius 1 is 1.47 bits per heavy atom. The minimum atomic E-state index is -3.79. The van der Waals surface area contributed by atoms with Crippen LogP contribution in [0.5, 0.6) is 0 Å². The molecule has 9 heteroatoms. The quantitative estimate of drug-likeness (QED) is 0.764. The van der Waals surface area contributed by atoms with Gasteiger partial charge in [-0.15, -0.1) is 4.40 Å². The molecule has 19 heavy (non-hydrogen) atoms. The number of aliphatic hydroxyl groups is 2. The highest BCUT2D eigenvalue weighted by Crippen LogP contribution is 2.31. The first-order valence-corrected chi connectivity index (χ1v) is 8.06. The summed E-state index contributed by atoms with van der Waals surface area (Å²) in [6.07, 6.45) is -0.927. The van der Waals surface area contributed by atoms with Crippen molar-refractivity contribution in [2.24, 2.45) is 4.40 Å². The monoisotopic (exact) mass is 322 g/mol. The number of anilines is 1. The van der Waals surface area contributed by atoms with Gasteiger partial charge in [0.15, 0.2) is 5.17 Å². The number of thioether (sulfide) groups is 1. The van der Waals surface area contributed by atoms with Crippen molar-refractivity contribution in [1.29, 1.82) is 0 Å². The van der Waals surface area contributed by atoms with Crippen LogP contribution in [0.4, 0.5) is 5.69 Å². The van der Waals surface area contributed by atoms with E-state index in [4.69, 9.17) is 16.7 Å². The number of aliphatic hydroxyl groups excluding tert-OH is 2. The van der Waals surface area contributed by atoms with E-state index >= 15 is 0 Å². The summed E-state index contributed by atoms with van der Waals surface area (Å²) in [5.74, 6) is 0.140. The van der Waals surface area contributed by atoms with E-state index in [2.05, 4.69) is 9.71 Å². The summed E-state index contributed by atoms with van der Waals surface area (Å²) in [5, 5.41) is 21.2. The van der Waals surface area contributed by atoms with Crippen LogP contribution in [0, 0.1) is 0 Å². The average Bonchev–Trinajstić information content (AvgIpc) is 2.36. The van der Waals surface area contributed by atoms with Crippen molar-refractivity contribution in [2.45, 2.75) is 11.0 Å². The number of nitrogens with one attached hydrogen (secondary N) is 1. The standard InChI is InChI=1S/C10H11ClN2O4S2/c11-6-1-2-8-9(3-6)19(16,17)13-10(12-8)18-5-7(15)4-14/h1-3,7,14-15H,4-5H2,(H,12,13). The van der Waals surface area contributed by atoms with E-state index in [0.717, 1.165) is 11.8 Å². The lowest BCUT2D eigenvalue weighted by atomic mass is 10.3. The molecule has 104 valence electrons. The van der Waals surface area contributed by atoms with Crippen LogP contribution in [0.15, 0.2) is 27.5 Å². The van der Waals surface area contributed by atoms with Gasteiger partial charge in [-0.05, 0) is 18.2 Å². The van der Waals surface area contributed by atoms with Crippen molar-refractivity contribution in [3.8, 4) is 0 Å². The maximum Gasteiger partial charge on any atom is 0.286 e. The SMILES string of the molecule is O=S1(=O)N=C(SCC(O)CO)Nc2ccc(Cl)cc21. The summed E-state index contributed by atoms with van der Waals surface area (Å²) in [5.41, 5.74) is 0.389. The van der Waals surface area contributed by atoms with Crippen molar-refractivity contribution < 1.29 is 18.6 Å². The molecule has 0 bridgehead atoms. The third kappa shape index (κ3) is 3.40. The fourth-order valence-electron chi connectivity index (χ4n) is 1.40. The predicted octanol–water partition coefficient (Wildman–Crippen LogP) is 0.897. The van der Waals surface area contributed by atoms with Crippen LogP contribution in [-0.4, -0.2) is 42.3 Å². The van der Waals surface area contributed by atoms with Crippen molar-refractivity contribution in [3.63, 3.8) is 0 Å². The number of benzene rings is 1. The van der Waals surface area contributed by atoms with Crippen molar-refractivity contribution >= 4 is 44.2 Å². The Morgan fingerprint density at radius 2 is 2.21 bits per heavy atom. The summed E-state index contributed by atoms with van der Waals surface area (Å²) in [6, 6.07) is 4.44. The van der Waals surface area contributed by atoms with Crippen LogP contribution in [-0.2, 0) is 10.0 Å². The summed E-state index contributed by atoms with van der Waals surface area (Å²) >= 11 is 6.77. The van der Waals surface area contributed by atoms with E-state index < -0.39 is 16.1 Å². The molecule has 0 radical (unpaired) electrons. The second-order valence-electron chi connectivity index (χ2n) is 3.78. The molecule has 0 saturated carbocycles. The summed E-state index contributed by atoms with van der Waals surface area (Å²) < 4.78 is 27.5. The van der Waals surface area contributed by atoms with E-state index in [1.807, 2.05) is 0 Å². The van der Waals surface area contributed by atoms with Crippen LogP contribution in [0.1, 0.15) is 0 Å². The molecule has 0 aliphatic carbocycles. The van der Waals surface area contributed by atoms with Gasteiger partial charge in [-0.1, -0.05) is 23.4 Å². The number of halogens is 1. The molecule has 1 unspecified atom stereocenters. The smallest absolute Gasteiger partial charge is 0.286 e. The number of nitrogens with zero attached hydrogens (tertiary/aromatic N) is 1.